The van der Waals surface area contributed by atoms with Gasteiger partial charge >= 0.3 is 0 Å². The van der Waals surface area contributed by atoms with Crippen LogP contribution in [0.4, 0.5) is 0 Å². The van der Waals surface area contributed by atoms with Gasteiger partial charge in [-0.25, -0.2) is 0 Å². The maximum Gasteiger partial charge on any atom is 0.133 e. The lowest BCUT2D eigenvalue weighted by molar-refractivity contribution is 0.275. The molecular formula is C37H46Br2O5. The summed E-state index contributed by atoms with van der Waals surface area (Å²) in [6.07, 6.45) is 12.9. The maximum atomic E-state index is 6.48. The van der Waals surface area contributed by atoms with E-state index in [4.69, 9.17) is 23.7 Å². The fraction of sp³-hybridized carbons (Fsp3) is 0.405. The van der Waals surface area contributed by atoms with Gasteiger partial charge in [0.1, 0.15) is 28.7 Å². The second-order valence-corrected chi connectivity index (χ2v) is 13.1. The monoisotopic (exact) mass is 728 g/mol. The molecule has 0 bridgehead atoms. The molecule has 0 radical (unpaired) electrons. The van der Waals surface area contributed by atoms with E-state index in [0.29, 0.717) is 12.5 Å². The molecule has 0 spiro atoms. The normalized spacial score (nSPS) is 12.2. The topological polar surface area (TPSA) is 46.2 Å². The molecule has 5 nitrogen and oxygen atoms in total. The van der Waals surface area contributed by atoms with Crippen molar-refractivity contribution in [3.8, 4) is 28.7 Å². The van der Waals surface area contributed by atoms with Crippen LogP contribution in [0.15, 0.2) is 45.3 Å². The molecule has 3 aromatic rings. The summed E-state index contributed by atoms with van der Waals surface area (Å²) in [7, 11) is 6.68. The molecule has 0 fully saturated rings. The smallest absolute Gasteiger partial charge is 0.133 e. The van der Waals surface area contributed by atoms with Crippen molar-refractivity contribution in [3.05, 3.63) is 73.2 Å². The molecule has 44 heavy (non-hydrogen) atoms. The Balaban J connectivity index is 1.98. The van der Waals surface area contributed by atoms with E-state index in [1.54, 1.807) is 28.4 Å². The second kappa shape index (κ2) is 17.6. The molecule has 0 aromatic heterocycles. The predicted molar refractivity (Wildman–Crippen MR) is 191 cm³/mol. The van der Waals surface area contributed by atoms with Gasteiger partial charge in [-0.1, -0.05) is 80.3 Å². The molecule has 0 amide bonds. The van der Waals surface area contributed by atoms with E-state index >= 15 is 0 Å². The van der Waals surface area contributed by atoms with Crippen LogP contribution >= 0.6 is 31.9 Å². The van der Waals surface area contributed by atoms with Gasteiger partial charge in [0, 0.05) is 26.7 Å². The van der Waals surface area contributed by atoms with Gasteiger partial charge in [-0.15, -0.1) is 0 Å². The quantitative estimate of drug-likeness (QED) is 0.137. The van der Waals surface area contributed by atoms with Crippen LogP contribution in [0.25, 0.3) is 24.3 Å². The Bertz CT molecular complexity index is 1440. The third-order valence-corrected chi connectivity index (χ3v) is 9.08. The summed E-state index contributed by atoms with van der Waals surface area (Å²) in [5, 5.41) is 0. The maximum absolute atomic E-state index is 6.48. The molecule has 0 heterocycles. The second-order valence-electron chi connectivity index (χ2n) is 11.4. The zero-order valence-corrected chi connectivity index (χ0v) is 30.4. The molecule has 0 N–H and O–H groups in total. The van der Waals surface area contributed by atoms with Crippen molar-refractivity contribution in [3.63, 3.8) is 0 Å². The summed E-state index contributed by atoms with van der Waals surface area (Å²) in [5.41, 5.74) is 4.82. The lowest BCUT2D eigenvalue weighted by Gasteiger charge is -2.16. The number of ether oxygens (including phenoxy) is 5. The van der Waals surface area contributed by atoms with Crippen molar-refractivity contribution < 1.29 is 23.7 Å². The van der Waals surface area contributed by atoms with Gasteiger partial charge in [0.05, 0.1) is 39.5 Å². The van der Waals surface area contributed by atoms with E-state index in [1.807, 2.05) is 48.6 Å². The van der Waals surface area contributed by atoms with Crippen molar-refractivity contribution >= 4 is 56.2 Å². The third-order valence-electron chi connectivity index (χ3n) is 7.61. The fourth-order valence-electron chi connectivity index (χ4n) is 4.91. The van der Waals surface area contributed by atoms with Crippen LogP contribution in [0.3, 0.4) is 0 Å². The van der Waals surface area contributed by atoms with E-state index < -0.39 is 0 Å². The van der Waals surface area contributed by atoms with Crippen molar-refractivity contribution in [2.45, 2.75) is 53.4 Å². The Morgan fingerprint density at radius 1 is 0.568 bits per heavy atom. The first-order valence-electron chi connectivity index (χ1n) is 15.1. The number of aryl methyl sites for hydroxylation is 1. The Kier molecular flexibility index (Phi) is 14.2. The number of halogens is 2. The first-order valence-corrected chi connectivity index (χ1v) is 16.6. The summed E-state index contributed by atoms with van der Waals surface area (Å²) < 4.78 is 31.0. The van der Waals surface area contributed by atoms with Crippen LogP contribution in [0.1, 0.15) is 74.3 Å². The average molecular weight is 731 g/mol. The highest BCUT2D eigenvalue weighted by Crippen LogP contribution is 2.37. The van der Waals surface area contributed by atoms with E-state index in [1.165, 1.54) is 19.3 Å². The van der Waals surface area contributed by atoms with Crippen molar-refractivity contribution in [1.82, 2.24) is 0 Å². The Labute approximate surface area is 280 Å². The van der Waals surface area contributed by atoms with Gasteiger partial charge in [0.25, 0.3) is 0 Å². The minimum atomic E-state index is 0.595. The van der Waals surface area contributed by atoms with Crippen molar-refractivity contribution in [1.29, 1.82) is 0 Å². The molecule has 7 heteroatoms. The Hall–Kier alpha value is -2.90. The number of hydrogen-bond donors (Lipinski definition) is 0. The first-order chi connectivity index (χ1) is 21.1. The molecule has 0 saturated heterocycles. The molecular weight excluding hydrogens is 684 g/mol. The minimum absolute atomic E-state index is 0.595. The number of rotatable bonds is 16. The van der Waals surface area contributed by atoms with Gasteiger partial charge in [-0.2, -0.15) is 0 Å². The van der Waals surface area contributed by atoms with Crippen LogP contribution < -0.4 is 23.7 Å². The molecule has 238 valence electrons. The first kappa shape index (κ1) is 35.6. The number of methoxy groups -OCH3 is 4. The average Bonchev–Trinajstić information content (AvgIpc) is 3.00. The van der Waals surface area contributed by atoms with E-state index in [-0.39, 0.29) is 0 Å². The highest BCUT2D eigenvalue weighted by Gasteiger charge is 2.13. The third kappa shape index (κ3) is 10.1. The van der Waals surface area contributed by atoms with Crippen LogP contribution in [0.2, 0.25) is 0 Å². The molecule has 0 aliphatic heterocycles. The zero-order valence-electron chi connectivity index (χ0n) is 27.3. The molecule has 1 unspecified atom stereocenters. The van der Waals surface area contributed by atoms with Crippen LogP contribution in [-0.4, -0.2) is 35.0 Å². The van der Waals surface area contributed by atoms with E-state index in [2.05, 4.69) is 71.7 Å². The van der Waals surface area contributed by atoms with Gasteiger partial charge in [0.2, 0.25) is 0 Å². The number of benzene rings is 3. The molecule has 0 saturated carbocycles. The van der Waals surface area contributed by atoms with Gasteiger partial charge in [-0.05, 0) is 83.1 Å². The lowest BCUT2D eigenvalue weighted by atomic mass is 9.97. The fourth-order valence-corrected chi connectivity index (χ4v) is 5.72. The van der Waals surface area contributed by atoms with Gasteiger partial charge in [-0.3, -0.25) is 0 Å². The summed E-state index contributed by atoms with van der Waals surface area (Å²) in [6, 6.07) is 12.0. The zero-order chi connectivity index (χ0) is 32.2. The summed E-state index contributed by atoms with van der Waals surface area (Å²) >= 11 is 7.14. The Morgan fingerprint density at radius 3 is 1.57 bits per heavy atom. The van der Waals surface area contributed by atoms with Crippen molar-refractivity contribution in [2.75, 3.05) is 35.0 Å². The SMILES string of the molecule is COc1cc(/C=C/c2cc(OC)c(/C=C/c3cc(C)c(Br)cc3OC)cc2OCCC(C)CCCC(C)C)c(OC)cc1Br. The van der Waals surface area contributed by atoms with Crippen LogP contribution in [0.5, 0.6) is 28.7 Å². The van der Waals surface area contributed by atoms with E-state index in [9.17, 15) is 0 Å². The highest BCUT2D eigenvalue weighted by molar-refractivity contribution is 9.10. The molecule has 1 atom stereocenters. The summed E-state index contributed by atoms with van der Waals surface area (Å²) in [4.78, 5) is 0. The summed E-state index contributed by atoms with van der Waals surface area (Å²) in [5.74, 6) is 5.12. The van der Waals surface area contributed by atoms with Crippen molar-refractivity contribution in [2.24, 2.45) is 11.8 Å². The minimum Gasteiger partial charge on any atom is -0.496 e. The molecule has 0 aliphatic carbocycles. The molecule has 0 aliphatic rings. The van der Waals surface area contributed by atoms with E-state index in [0.717, 1.165) is 77.8 Å². The highest BCUT2D eigenvalue weighted by atomic mass is 79.9. The largest absolute Gasteiger partial charge is 0.496 e. The number of hydrogen-bond acceptors (Lipinski definition) is 5. The standard InChI is InChI=1S/C37H46Br2O5/c1-24(2)10-9-11-25(3)16-17-44-36-20-28(13-12-27-18-26(4)31(38)22-34(27)41-6)33(40-5)19-30(36)15-14-29-21-37(43-8)32(39)23-35(29)42-7/h12-15,18-25H,9-11,16-17H2,1-8H3/b13-12+,15-14+. The van der Waals surface area contributed by atoms with Crippen LogP contribution in [-0.2, 0) is 0 Å². The van der Waals surface area contributed by atoms with Gasteiger partial charge in [0.15, 0.2) is 0 Å². The molecule has 3 aromatic carbocycles. The van der Waals surface area contributed by atoms with Gasteiger partial charge < -0.3 is 23.7 Å². The lowest BCUT2D eigenvalue weighted by Crippen LogP contribution is -2.06. The Morgan fingerprint density at radius 2 is 1.02 bits per heavy atom. The van der Waals surface area contributed by atoms with Crippen LogP contribution in [0, 0.1) is 18.8 Å². The summed E-state index contributed by atoms with van der Waals surface area (Å²) in [6.45, 7) is 9.58. The predicted octanol–water partition coefficient (Wildman–Crippen LogP) is 11.1. The molecule has 3 rings (SSSR count).